The van der Waals surface area contributed by atoms with Crippen molar-refractivity contribution >= 4 is 5.91 Å². The maximum Gasteiger partial charge on any atom is 0.257 e. The molecule has 1 amide bonds. The summed E-state index contributed by atoms with van der Waals surface area (Å²) in [4.78, 5) is 14.5. The lowest BCUT2D eigenvalue weighted by Gasteiger charge is -2.38. The number of halogens is 1. The fraction of sp³-hybridized carbons (Fsp3) is 0.316. The number of carbonyl (C=O) groups excluding carboxylic acids is 1. The third kappa shape index (κ3) is 1.91. The zero-order chi connectivity index (χ0) is 16.9. The molecule has 2 unspecified atom stereocenters. The number of hydrogen-bond donors (Lipinski definition) is 0. The second-order valence-electron chi connectivity index (χ2n) is 6.12. The molecule has 1 fully saturated rings. The normalized spacial score (nSPS) is 28.0. The Hall–Kier alpha value is -2.40. The van der Waals surface area contributed by atoms with Crippen LogP contribution in [0.15, 0.2) is 48.5 Å². The van der Waals surface area contributed by atoms with Crippen molar-refractivity contribution in [2.75, 3.05) is 14.2 Å². The second kappa shape index (κ2) is 5.31. The Kier molecular flexibility index (Phi) is 3.35. The highest BCUT2D eigenvalue weighted by Crippen LogP contribution is 2.50. The van der Waals surface area contributed by atoms with Gasteiger partial charge >= 0.3 is 0 Å². The minimum absolute atomic E-state index is 0.187. The molecule has 0 bridgehead atoms. The van der Waals surface area contributed by atoms with E-state index in [-0.39, 0.29) is 5.91 Å². The van der Waals surface area contributed by atoms with Crippen molar-refractivity contribution in [2.45, 2.75) is 24.4 Å². The van der Waals surface area contributed by atoms with E-state index in [0.29, 0.717) is 17.7 Å². The molecule has 124 valence electrons. The minimum Gasteiger partial charge on any atom is -0.497 e. The van der Waals surface area contributed by atoms with Crippen LogP contribution in [0.4, 0.5) is 4.39 Å². The second-order valence-corrected chi connectivity index (χ2v) is 6.12. The lowest BCUT2D eigenvalue weighted by molar-refractivity contribution is -0.0886. The molecule has 2 aromatic rings. The van der Waals surface area contributed by atoms with Gasteiger partial charge in [0, 0.05) is 30.2 Å². The van der Waals surface area contributed by atoms with Gasteiger partial charge in [-0.1, -0.05) is 30.3 Å². The van der Waals surface area contributed by atoms with Crippen LogP contribution in [0, 0.1) is 0 Å². The Morgan fingerprint density at radius 1 is 1.12 bits per heavy atom. The van der Waals surface area contributed by atoms with E-state index in [0.717, 1.165) is 11.1 Å². The predicted octanol–water partition coefficient (Wildman–Crippen LogP) is 3.11. The van der Waals surface area contributed by atoms with E-state index >= 15 is 0 Å². The third-order valence-corrected chi connectivity index (χ3v) is 4.87. The van der Waals surface area contributed by atoms with E-state index < -0.39 is 17.9 Å². The predicted molar refractivity (Wildman–Crippen MR) is 86.7 cm³/mol. The van der Waals surface area contributed by atoms with Crippen molar-refractivity contribution < 1.29 is 18.7 Å². The van der Waals surface area contributed by atoms with Crippen molar-refractivity contribution in [2.24, 2.45) is 0 Å². The number of carbonyl (C=O) groups is 1. The number of methoxy groups -OCH3 is 2. The standard InChI is InChI=1S/C19H18FNO3/c1-23-13-9-7-12(8-10-13)19(24-2)15-6-4-3-5-14(15)18(22)21(19)17-11-16(17)20/h3-10,16-17H,11H2,1-2H3/t16-,17?,19?/m1/s1. The summed E-state index contributed by atoms with van der Waals surface area (Å²) in [6.07, 6.45) is -0.655. The summed E-state index contributed by atoms with van der Waals surface area (Å²) >= 11 is 0. The Morgan fingerprint density at radius 3 is 2.38 bits per heavy atom. The van der Waals surface area contributed by atoms with E-state index in [1.165, 1.54) is 0 Å². The lowest BCUT2D eigenvalue weighted by atomic mass is 9.93. The number of nitrogens with zero attached hydrogens (tertiary/aromatic N) is 1. The lowest BCUT2D eigenvalue weighted by Crippen LogP contribution is -2.48. The molecule has 0 aromatic heterocycles. The van der Waals surface area contributed by atoms with Gasteiger partial charge in [0.05, 0.1) is 13.2 Å². The molecule has 1 aliphatic heterocycles. The van der Waals surface area contributed by atoms with E-state index in [2.05, 4.69) is 0 Å². The smallest absolute Gasteiger partial charge is 0.257 e. The first kappa shape index (κ1) is 15.1. The number of fused-ring (bicyclic) bond motifs is 1. The minimum atomic E-state index is -1.11. The highest BCUT2D eigenvalue weighted by atomic mass is 19.1. The zero-order valence-corrected chi connectivity index (χ0v) is 13.5. The van der Waals surface area contributed by atoms with Crippen LogP contribution in [0.3, 0.4) is 0 Å². The summed E-state index contributed by atoms with van der Waals surface area (Å²) < 4.78 is 25.0. The Bertz CT molecular complexity index is 791. The number of ether oxygens (including phenoxy) is 2. The molecule has 0 N–H and O–H groups in total. The van der Waals surface area contributed by atoms with Gasteiger partial charge < -0.3 is 9.47 Å². The molecule has 4 rings (SSSR count). The van der Waals surface area contributed by atoms with Crippen molar-refractivity contribution in [3.8, 4) is 5.75 Å². The molecular weight excluding hydrogens is 309 g/mol. The molecule has 0 radical (unpaired) electrons. The van der Waals surface area contributed by atoms with Gasteiger partial charge in [-0.25, -0.2) is 4.39 Å². The molecule has 3 atom stereocenters. The molecule has 2 aliphatic rings. The van der Waals surface area contributed by atoms with E-state index in [9.17, 15) is 9.18 Å². The van der Waals surface area contributed by atoms with Gasteiger partial charge in [-0.05, 0) is 18.2 Å². The molecule has 0 spiro atoms. The average molecular weight is 327 g/mol. The summed E-state index contributed by atoms with van der Waals surface area (Å²) in [5.74, 6) is 0.525. The van der Waals surface area contributed by atoms with Crippen LogP contribution in [-0.2, 0) is 10.5 Å². The van der Waals surface area contributed by atoms with E-state index in [1.807, 2.05) is 42.5 Å². The summed E-state index contributed by atoms with van der Waals surface area (Å²) in [7, 11) is 3.15. The summed E-state index contributed by atoms with van der Waals surface area (Å²) in [6, 6.07) is 14.2. The average Bonchev–Trinajstić information content (AvgIpc) is 3.28. The molecule has 4 nitrogen and oxygen atoms in total. The number of benzene rings is 2. The van der Waals surface area contributed by atoms with Crippen LogP contribution in [0.1, 0.15) is 27.9 Å². The van der Waals surface area contributed by atoms with Crippen LogP contribution < -0.4 is 4.74 Å². The van der Waals surface area contributed by atoms with Crippen molar-refractivity contribution in [3.05, 3.63) is 65.2 Å². The fourth-order valence-corrected chi connectivity index (χ4v) is 3.61. The van der Waals surface area contributed by atoms with Crippen LogP contribution in [0.25, 0.3) is 0 Å². The first-order valence-corrected chi connectivity index (χ1v) is 7.90. The summed E-state index contributed by atoms with van der Waals surface area (Å²) in [6.45, 7) is 0. The Balaban J connectivity index is 1.93. The van der Waals surface area contributed by atoms with Crippen LogP contribution in [0.5, 0.6) is 5.75 Å². The maximum absolute atomic E-state index is 13.9. The van der Waals surface area contributed by atoms with Crippen LogP contribution >= 0.6 is 0 Å². The molecule has 5 heteroatoms. The monoisotopic (exact) mass is 327 g/mol. The first-order chi connectivity index (χ1) is 11.6. The molecule has 1 saturated carbocycles. The molecular formula is C19H18FNO3. The number of alkyl halides is 1. The van der Waals surface area contributed by atoms with Gasteiger partial charge in [-0.3, -0.25) is 9.69 Å². The topological polar surface area (TPSA) is 38.8 Å². The number of hydrogen-bond acceptors (Lipinski definition) is 3. The van der Waals surface area contributed by atoms with Gasteiger partial charge in [-0.15, -0.1) is 0 Å². The highest BCUT2D eigenvalue weighted by Gasteiger charge is 2.60. The molecule has 24 heavy (non-hydrogen) atoms. The van der Waals surface area contributed by atoms with E-state index in [4.69, 9.17) is 9.47 Å². The van der Waals surface area contributed by atoms with Crippen molar-refractivity contribution in [1.29, 1.82) is 0 Å². The van der Waals surface area contributed by atoms with Crippen molar-refractivity contribution in [1.82, 2.24) is 4.90 Å². The molecule has 2 aromatic carbocycles. The van der Waals surface area contributed by atoms with E-state index in [1.54, 1.807) is 25.2 Å². The van der Waals surface area contributed by atoms with Crippen molar-refractivity contribution in [3.63, 3.8) is 0 Å². The summed E-state index contributed by atoms with van der Waals surface area (Å²) in [5.41, 5.74) is 0.991. The van der Waals surface area contributed by atoms with Crippen LogP contribution in [-0.4, -0.2) is 37.2 Å². The van der Waals surface area contributed by atoms with Gasteiger partial charge in [0.2, 0.25) is 0 Å². The Labute approximate surface area is 139 Å². The first-order valence-electron chi connectivity index (χ1n) is 7.90. The summed E-state index contributed by atoms with van der Waals surface area (Å²) in [5, 5.41) is 0. The van der Waals surface area contributed by atoms with Gasteiger partial charge in [0.25, 0.3) is 5.91 Å². The number of amides is 1. The molecule has 0 saturated heterocycles. The zero-order valence-electron chi connectivity index (χ0n) is 13.5. The van der Waals surface area contributed by atoms with Gasteiger partial charge in [-0.2, -0.15) is 0 Å². The SMILES string of the molecule is COc1ccc(C2(OC)c3ccccc3C(=O)N2C2C[C@H]2F)cc1. The fourth-order valence-electron chi connectivity index (χ4n) is 3.61. The van der Waals surface area contributed by atoms with Gasteiger partial charge in [0.15, 0.2) is 5.72 Å². The number of rotatable bonds is 4. The quantitative estimate of drug-likeness (QED) is 0.866. The largest absolute Gasteiger partial charge is 0.497 e. The third-order valence-electron chi connectivity index (χ3n) is 4.87. The van der Waals surface area contributed by atoms with Crippen LogP contribution in [0.2, 0.25) is 0 Å². The molecule has 1 heterocycles. The Morgan fingerprint density at radius 2 is 1.79 bits per heavy atom. The highest BCUT2D eigenvalue weighted by molar-refractivity contribution is 6.01. The molecule has 1 aliphatic carbocycles. The maximum atomic E-state index is 13.9. The van der Waals surface area contributed by atoms with Gasteiger partial charge in [0.1, 0.15) is 11.9 Å².